The summed E-state index contributed by atoms with van der Waals surface area (Å²) in [6.07, 6.45) is 2.48. The first-order chi connectivity index (χ1) is 9.16. The van der Waals surface area contributed by atoms with Crippen LogP contribution in [0.5, 0.6) is 0 Å². The Morgan fingerprint density at radius 2 is 2.05 bits per heavy atom. The highest BCUT2D eigenvalue weighted by atomic mass is 16.6. The Kier molecular flexibility index (Phi) is 4.58. The van der Waals surface area contributed by atoms with Gasteiger partial charge in [0.2, 0.25) is 5.95 Å². The Hall–Kier alpha value is -1.80. The van der Waals surface area contributed by atoms with Gasteiger partial charge < -0.3 is 10.2 Å². The molecule has 0 bridgehead atoms. The highest BCUT2D eigenvalue weighted by molar-refractivity contribution is 5.32. The molecule has 1 aromatic heterocycles. The van der Waals surface area contributed by atoms with Gasteiger partial charge in [-0.1, -0.05) is 0 Å². The number of aromatic nitrogens is 2. The number of hydrogen-bond acceptors (Lipinski definition) is 7. The van der Waals surface area contributed by atoms with Crippen LogP contribution in [-0.4, -0.2) is 66.1 Å². The molecule has 1 fully saturated rings. The molecule has 8 heteroatoms. The molecule has 0 atom stereocenters. The van der Waals surface area contributed by atoms with Gasteiger partial charge >= 0.3 is 5.69 Å². The summed E-state index contributed by atoms with van der Waals surface area (Å²) >= 11 is 0. The maximum absolute atomic E-state index is 10.5. The van der Waals surface area contributed by atoms with Crippen LogP contribution in [0.3, 0.4) is 0 Å². The Labute approximate surface area is 111 Å². The van der Waals surface area contributed by atoms with Crippen LogP contribution in [0.1, 0.15) is 0 Å². The molecule has 104 valence electrons. The molecule has 0 unspecified atom stereocenters. The van der Waals surface area contributed by atoms with Crippen molar-refractivity contribution in [2.75, 3.05) is 51.2 Å². The normalized spacial score (nSPS) is 16.3. The number of anilines is 1. The van der Waals surface area contributed by atoms with Gasteiger partial charge in [-0.05, 0) is 0 Å². The van der Waals surface area contributed by atoms with Crippen molar-refractivity contribution in [3.8, 4) is 0 Å². The van der Waals surface area contributed by atoms with Crippen LogP contribution in [0, 0.1) is 10.1 Å². The lowest BCUT2D eigenvalue weighted by Gasteiger charge is -2.29. The molecular formula is C11H18N6O2. The predicted molar refractivity (Wildman–Crippen MR) is 71.3 cm³/mol. The van der Waals surface area contributed by atoms with E-state index in [1.165, 1.54) is 12.4 Å². The quantitative estimate of drug-likeness (QED) is 0.579. The molecule has 2 rings (SSSR count). The molecule has 1 aliphatic rings. The molecule has 0 radical (unpaired) electrons. The van der Waals surface area contributed by atoms with Crippen molar-refractivity contribution in [3.05, 3.63) is 22.5 Å². The summed E-state index contributed by atoms with van der Waals surface area (Å²) in [5.74, 6) is 0.515. The molecule has 1 saturated heterocycles. The highest BCUT2D eigenvalue weighted by Crippen LogP contribution is 2.10. The summed E-state index contributed by atoms with van der Waals surface area (Å²) in [4.78, 5) is 22.3. The molecule has 0 saturated carbocycles. The summed E-state index contributed by atoms with van der Waals surface area (Å²) in [7, 11) is 1.89. The standard InChI is InChI=1S/C11H18N6O2/c1-15(6-7-16-4-2-12-3-5-16)11-13-8-10(9-14-11)17(18)19/h8-9,12H,2-7H2,1H3. The largest absolute Gasteiger partial charge is 0.343 e. The van der Waals surface area contributed by atoms with Gasteiger partial charge in [-0.25, -0.2) is 9.97 Å². The van der Waals surface area contributed by atoms with Gasteiger partial charge in [-0.2, -0.15) is 0 Å². The van der Waals surface area contributed by atoms with E-state index in [2.05, 4.69) is 20.2 Å². The Morgan fingerprint density at radius 1 is 1.42 bits per heavy atom. The molecule has 1 aromatic rings. The lowest BCUT2D eigenvalue weighted by Crippen LogP contribution is -2.46. The fourth-order valence-corrected chi connectivity index (χ4v) is 1.93. The molecule has 8 nitrogen and oxygen atoms in total. The number of piperazine rings is 1. The fraction of sp³-hybridized carbons (Fsp3) is 0.636. The van der Waals surface area contributed by atoms with E-state index in [1.807, 2.05) is 11.9 Å². The van der Waals surface area contributed by atoms with Gasteiger partial charge in [0.1, 0.15) is 12.4 Å². The summed E-state index contributed by atoms with van der Waals surface area (Å²) in [5.41, 5.74) is -0.0840. The maximum atomic E-state index is 10.5. The lowest BCUT2D eigenvalue weighted by atomic mass is 10.3. The van der Waals surface area contributed by atoms with E-state index in [-0.39, 0.29) is 5.69 Å². The van der Waals surface area contributed by atoms with Crippen molar-refractivity contribution in [2.24, 2.45) is 0 Å². The summed E-state index contributed by atoms with van der Waals surface area (Å²) in [5, 5.41) is 13.8. The minimum atomic E-state index is -0.496. The van der Waals surface area contributed by atoms with Crippen molar-refractivity contribution in [1.29, 1.82) is 0 Å². The number of nitrogens with one attached hydrogen (secondary N) is 1. The molecule has 0 spiro atoms. The van der Waals surface area contributed by atoms with Crippen molar-refractivity contribution >= 4 is 11.6 Å². The molecule has 2 heterocycles. The minimum absolute atomic E-state index is 0.0840. The zero-order valence-electron chi connectivity index (χ0n) is 10.9. The Balaban J connectivity index is 1.84. The van der Waals surface area contributed by atoms with E-state index in [1.54, 1.807) is 0 Å². The van der Waals surface area contributed by atoms with Crippen molar-refractivity contribution < 1.29 is 4.92 Å². The third-order valence-corrected chi connectivity index (χ3v) is 3.14. The lowest BCUT2D eigenvalue weighted by molar-refractivity contribution is -0.385. The molecule has 0 amide bonds. The van der Waals surface area contributed by atoms with Crippen LogP contribution in [-0.2, 0) is 0 Å². The second-order valence-corrected chi connectivity index (χ2v) is 4.51. The molecule has 0 aromatic carbocycles. The van der Waals surface area contributed by atoms with Crippen LogP contribution >= 0.6 is 0 Å². The van der Waals surface area contributed by atoms with Gasteiger partial charge in [-0.15, -0.1) is 0 Å². The second-order valence-electron chi connectivity index (χ2n) is 4.51. The van der Waals surface area contributed by atoms with Gasteiger partial charge in [-0.3, -0.25) is 15.0 Å². The van der Waals surface area contributed by atoms with Crippen LogP contribution in [0.25, 0.3) is 0 Å². The Bertz CT molecular complexity index is 418. The number of hydrogen-bond donors (Lipinski definition) is 1. The van der Waals surface area contributed by atoms with Gasteiger partial charge in [0.25, 0.3) is 0 Å². The average Bonchev–Trinajstić information content (AvgIpc) is 2.46. The number of rotatable bonds is 5. The van der Waals surface area contributed by atoms with E-state index in [4.69, 9.17) is 0 Å². The maximum Gasteiger partial charge on any atom is 0.305 e. The molecule has 19 heavy (non-hydrogen) atoms. The Morgan fingerprint density at radius 3 is 2.63 bits per heavy atom. The highest BCUT2D eigenvalue weighted by Gasteiger charge is 2.12. The zero-order chi connectivity index (χ0) is 13.7. The van der Waals surface area contributed by atoms with Gasteiger partial charge in [0.15, 0.2) is 0 Å². The molecule has 1 N–H and O–H groups in total. The van der Waals surface area contributed by atoms with E-state index in [0.29, 0.717) is 5.95 Å². The van der Waals surface area contributed by atoms with Crippen molar-refractivity contribution in [2.45, 2.75) is 0 Å². The SMILES string of the molecule is CN(CCN1CCNCC1)c1ncc([N+](=O)[O-])cn1. The first kappa shape index (κ1) is 13.6. The van der Waals surface area contributed by atoms with Crippen LogP contribution < -0.4 is 10.2 Å². The summed E-state index contributed by atoms with van der Waals surface area (Å²) in [6.45, 7) is 5.90. The fourth-order valence-electron chi connectivity index (χ4n) is 1.93. The van der Waals surface area contributed by atoms with Gasteiger partial charge in [0.05, 0.1) is 4.92 Å². The van der Waals surface area contributed by atoms with Gasteiger partial charge in [0, 0.05) is 46.3 Å². The summed E-state index contributed by atoms with van der Waals surface area (Å²) < 4.78 is 0. The third kappa shape index (κ3) is 3.83. The summed E-state index contributed by atoms with van der Waals surface area (Å²) in [6, 6.07) is 0. The van der Waals surface area contributed by atoms with Crippen molar-refractivity contribution in [1.82, 2.24) is 20.2 Å². The van der Waals surface area contributed by atoms with Crippen LogP contribution in [0.2, 0.25) is 0 Å². The first-order valence-corrected chi connectivity index (χ1v) is 6.27. The minimum Gasteiger partial charge on any atom is -0.343 e. The monoisotopic (exact) mass is 266 g/mol. The van der Waals surface area contributed by atoms with Crippen molar-refractivity contribution in [3.63, 3.8) is 0 Å². The van der Waals surface area contributed by atoms with E-state index < -0.39 is 4.92 Å². The third-order valence-electron chi connectivity index (χ3n) is 3.14. The second kappa shape index (κ2) is 6.39. The van der Waals surface area contributed by atoms with Crippen LogP contribution in [0.15, 0.2) is 12.4 Å². The number of nitro groups is 1. The average molecular weight is 266 g/mol. The topological polar surface area (TPSA) is 87.4 Å². The molecule has 1 aliphatic heterocycles. The number of likely N-dealkylation sites (N-methyl/N-ethyl adjacent to an activating group) is 1. The molecule has 0 aliphatic carbocycles. The van der Waals surface area contributed by atoms with E-state index >= 15 is 0 Å². The zero-order valence-corrected chi connectivity index (χ0v) is 10.9. The van der Waals surface area contributed by atoms with E-state index in [0.717, 1.165) is 39.3 Å². The first-order valence-electron chi connectivity index (χ1n) is 6.27. The number of nitrogens with zero attached hydrogens (tertiary/aromatic N) is 5. The van der Waals surface area contributed by atoms with E-state index in [9.17, 15) is 10.1 Å². The molecular weight excluding hydrogens is 248 g/mol. The smallest absolute Gasteiger partial charge is 0.305 e. The predicted octanol–water partition coefficient (Wildman–Crippen LogP) is -0.274. The van der Waals surface area contributed by atoms with Crippen LogP contribution in [0.4, 0.5) is 11.6 Å².